The number of unbranched alkanes of at least 4 members (excludes halogenated alkanes) is 6. The average molecular weight is 389 g/mol. The molecule has 1 atom stereocenters. The van der Waals surface area contributed by atoms with Crippen molar-refractivity contribution in [1.29, 1.82) is 0 Å². The Morgan fingerprint density at radius 2 is 1.89 bits per heavy atom. The summed E-state index contributed by atoms with van der Waals surface area (Å²) < 4.78 is 2.16. The molecular weight excluding hydrogens is 356 g/mol. The molecule has 2 N–H and O–H groups in total. The zero-order valence-corrected chi connectivity index (χ0v) is 17.0. The van der Waals surface area contributed by atoms with Crippen molar-refractivity contribution >= 4 is 17.1 Å². The van der Waals surface area contributed by atoms with Gasteiger partial charge in [-0.3, -0.25) is 10.6 Å². The Hall–Kier alpha value is -1.50. The molecule has 0 aliphatic carbocycles. The number of nitrogens with zero attached hydrogens (tertiary/aromatic N) is 3. The van der Waals surface area contributed by atoms with Crippen molar-refractivity contribution in [3.05, 3.63) is 40.6 Å². The van der Waals surface area contributed by atoms with E-state index in [1.165, 1.54) is 61.1 Å². The minimum Gasteiger partial charge on any atom is -0.337 e. The number of imidazole rings is 1. The van der Waals surface area contributed by atoms with Crippen LogP contribution in [0, 0.1) is 0 Å². The Morgan fingerprint density at radius 1 is 1.11 bits per heavy atom. The second-order valence-electron chi connectivity index (χ2n) is 7.59. The first-order valence-corrected chi connectivity index (χ1v) is 11.1. The van der Waals surface area contributed by atoms with Gasteiger partial charge in [0.2, 0.25) is 0 Å². The van der Waals surface area contributed by atoms with Gasteiger partial charge < -0.3 is 4.57 Å². The lowest BCUT2D eigenvalue weighted by molar-refractivity contribution is -0.123. The second kappa shape index (κ2) is 10.7. The third-order valence-corrected chi connectivity index (χ3v) is 6.61. The Balaban J connectivity index is 1.23. The fraction of sp³-hybridized carbons (Fsp3) is 0.619. The predicted molar refractivity (Wildman–Crippen MR) is 110 cm³/mol. The molecule has 148 valence electrons. The zero-order valence-electron chi connectivity index (χ0n) is 16.2. The Morgan fingerprint density at radius 3 is 2.63 bits per heavy atom. The first-order valence-electron chi connectivity index (χ1n) is 10.3. The molecule has 5 nitrogen and oxygen atoms in total. The monoisotopic (exact) mass is 388 g/mol. The van der Waals surface area contributed by atoms with E-state index >= 15 is 0 Å². The molecule has 0 radical (unpaired) electrons. The number of hydrogen-bond donors (Lipinski definition) is 1. The summed E-state index contributed by atoms with van der Waals surface area (Å²) in [4.78, 5) is 18.3. The molecule has 1 aliphatic rings. The highest BCUT2D eigenvalue weighted by Gasteiger charge is 2.26. The summed E-state index contributed by atoms with van der Waals surface area (Å²) in [6.07, 6.45) is 17.6. The molecule has 2 aromatic rings. The van der Waals surface area contributed by atoms with Gasteiger partial charge in [-0.25, -0.2) is 9.99 Å². The van der Waals surface area contributed by atoms with Crippen molar-refractivity contribution in [1.82, 2.24) is 14.6 Å². The first kappa shape index (κ1) is 20.2. The maximum atomic E-state index is 11.5. The number of aryl methyl sites for hydroxylation is 2. The summed E-state index contributed by atoms with van der Waals surface area (Å²) >= 11 is 1.88. The van der Waals surface area contributed by atoms with Gasteiger partial charge >= 0.3 is 0 Å². The van der Waals surface area contributed by atoms with Gasteiger partial charge in [0.25, 0.3) is 0 Å². The molecular formula is C21H32N4OS. The summed E-state index contributed by atoms with van der Waals surface area (Å²) in [5, 5.41) is 1.72. The van der Waals surface area contributed by atoms with Crippen molar-refractivity contribution in [2.45, 2.75) is 76.8 Å². The van der Waals surface area contributed by atoms with Crippen LogP contribution in [0.3, 0.4) is 0 Å². The van der Waals surface area contributed by atoms with Crippen molar-refractivity contribution in [3.63, 3.8) is 0 Å². The first-order chi connectivity index (χ1) is 13.2. The molecule has 6 heteroatoms. The molecule has 0 aromatic carbocycles. The summed E-state index contributed by atoms with van der Waals surface area (Å²) in [7, 11) is 0. The molecule has 0 saturated carbocycles. The van der Waals surface area contributed by atoms with Crippen LogP contribution in [0.1, 0.15) is 73.6 Å². The molecule has 1 saturated heterocycles. The maximum absolute atomic E-state index is 11.5. The lowest BCUT2D eigenvalue weighted by Crippen LogP contribution is -2.42. The smallest absolute Gasteiger partial charge is 0.148 e. The van der Waals surface area contributed by atoms with E-state index < -0.39 is 0 Å². The second-order valence-corrected chi connectivity index (χ2v) is 8.79. The predicted octanol–water partition coefficient (Wildman–Crippen LogP) is 4.50. The molecule has 0 amide bonds. The van der Waals surface area contributed by atoms with Gasteiger partial charge in [-0.2, -0.15) is 0 Å². The Labute approximate surface area is 166 Å². The van der Waals surface area contributed by atoms with E-state index in [0.717, 1.165) is 13.0 Å². The summed E-state index contributed by atoms with van der Waals surface area (Å²) in [5.41, 5.74) is 0. The van der Waals surface area contributed by atoms with E-state index in [2.05, 4.69) is 21.7 Å². The van der Waals surface area contributed by atoms with Gasteiger partial charge in [-0.15, -0.1) is 11.3 Å². The van der Waals surface area contributed by atoms with Crippen molar-refractivity contribution in [2.24, 2.45) is 5.84 Å². The van der Waals surface area contributed by atoms with Gasteiger partial charge in [0.1, 0.15) is 5.78 Å². The van der Waals surface area contributed by atoms with Crippen LogP contribution < -0.4 is 5.84 Å². The topological polar surface area (TPSA) is 64.2 Å². The molecule has 2 aromatic heterocycles. The highest BCUT2D eigenvalue weighted by molar-refractivity contribution is 7.12. The number of Topliss-reactive ketones (excluding diaryl/α,β-unsaturated/α-hetero) is 1. The standard InChI is InChI=1S/C21H32N4OS/c22-25-16-18(26)9-11-20(25)21-12-10-19(27-21)8-6-4-2-1-3-5-7-14-24-15-13-23-17-24/h10,12-13,15,17,20H,1-9,11,14,16,22H2. The van der Waals surface area contributed by atoms with Crippen LogP contribution in [0.15, 0.2) is 30.9 Å². The molecule has 0 bridgehead atoms. The third kappa shape index (κ3) is 6.55. The number of piperidine rings is 1. The van der Waals surface area contributed by atoms with E-state index in [-0.39, 0.29) is 11.8 Å². The Kier molecular flexibility index (Phi) is 8.05. The van der Waals surface area contributed by atoms with Crippen LogP contribution in [-0.4, -0.2) is 26.9 Å². The van der Waals surface area contributed by atoms with E-state index in [1.54, 1.807) is 5.01 Å². The third-order valence-electron chi connectivity index (χ3n) is 5.37. The number of nitrogens with two attached hydrogens (primary N) is 1. The van der Waals surface area contributed by atoms with Crippen molar-refractivity contribution in [3.8, 4) is 0 Å². The minimum atomic E-state index is 0.226. The molecule has 3 heterocycles. The quantitative estimate of drug-likeness (QED) is 0.455. The average Bonchev–Trinajstić information content (AvgIpc) is 3.32. The van der Waals surface area contributed by atoms with Gasteiger partial charge in [0.05, 0.1) is 18.9 Å². The van der Waals surface area contributed by atoms with E-state index in [1.807, 2.05) is 30.1 Å². The fourth-order valence-corrected chi connectivity index (χ4v) is 4.98. The number of carbonyl (C=O) groups excluding carboxylic acids is 1. The van der Waals surface area contributed by atoms with E-state index in [0.29, 0.717) is 13.0 Å². The minimum absolute atomic E-state index is 0.226. The zero-order chi connectivity index (χ0) is 18.9. The van der Waals surface area contributed by atoms with Crippen molar-refractivity contribution in [2.75, 3.05) is 6.54 Å². The van der Waals surface area contributed by atoms with Crippen LogP contribution in [-0.2, 0) is 17.8 Å². The van der Waals surface area contributed by atoms with Crippen LogP contribution in [0.4, 0.5) is 0 Å². The largest absolute Gasteiger partial charge is 0.337 e. The highest BCUT2D eigenvalue weighted by Crippen LogP contribution is 2.32. The van der Waals surface area contributed by atoms with E-state index in [4.69, 9.17) is 5.84 Å². The molecule has 0 spiro atoms. The van der Waals surface area contributed by atoms with Crippen LogP contribution in [0.25, 0.3) is 0 Å². The van der Waals surface area contributed by atoms with E-state index in [9.17, 15) is 4.79 Å². The normalized spacial score (nSPS) is 18.3. The number of carbonyl (C=O) groups is 1. The molecule has 3 rings (SSSR count). The van der Waals surface area contributed by atoms with Gasteiger partial charge in [-0.05, 0) is 37.8 Å². The molecule has 1 fully saturated rings. The fourth-order valence-electron chi connectivity index (χ4n) is 3.77. The number of hydrazine groups is 1. The van der Waals surface area contributed by atoms with Crippen LogP contribution >= 0.6 is 11.3 Å². The van der Waals surface area contributed by atoms with Gasteiger partial charge in [0, 0.05) is 35.1 Å². The highest BCUT2D eigenvalue weighted by atomic mass is 32.1. The number of thiophene rings is 1. The van der Waals surface area contributed by atoms with Gasteiger partial charge in [0.15, 0.2) is 0 Å². The van der Waals surface area contributed by atoms with Crippen LogP contribution in [0.2, 0.25) is 0 Å². The van der Waals surface area contributed by atoms with Gasteiger partial charge in [-0.1, -0.05) is 32.1 Å². The summed E-state index contributed by atoms with van der Waals surface area (Å²) in [5.74, 6) is 6.30. The van der Waals surface area contributed by atoms with Crippen molar-refractivity contribution < 1.29 is 4.79 Å². The number of hydrogen-bond acceptors (Lipinski definition) is 5. The lowest BCUT2D eigenvalue weighted by Gasteiger charge is -2.30. The number of aromatic nitrogens is 2. The molecule has 1 unspecified atom stereocenters. The maximum Gasteiger partial charge on any atom is 0.148 e. The lowest BCUT2D eigenvalue weighted by atomic mass is 10.0. The summed E-state index contributed by atoms with van der Waals surface area (Å²) in [6, 6.07) is 4.69. The van der Waals surface area contributed by atoms with Crippen LogP contribution in [0.5, 0.6) is 0 Å². The molecule has 27 heavy (non-hydrogen) atoms. The number of rotatable bonds is 11. The summed E-state index contributed by atoms with van der Waals surface area (Å²) in [6.45, 7) is 1.48. The molecule has 1 aliphatic heterocycles. The Bertz CT molecular complexity index is 682. The number of ketones is 1. The SMILES string of the molecule is NN1CC(=O)CCC1c1ccc(CCCCCCCCCn2ccnc2)s1.